The maximum atomic E-state index is 12.3. The van der Waals surface area contributed by atoms with Crippen molar-refractivity contribution in [2.24, 2.45) is 0 Å². The van der Waals surface area contributed by atoms with Gasteiger partial charge < -0.3 is 14.8 Å². The van der Waals surface area contributed by atoms with Crippen molar-refractivity contribution in [1.29, 1.82) is 0 Å². The van der Waals surface area contributed by atoms with Crippen LogP contribution in [0.3, 0.4) is 0 Å². The van der Waals surface area contributed by atoms with E-state index in [1.54, 1.807) is 26.4 Å². The van der Waals surface area contributed by atoms with Gasteiger partial charge in [-0.2, -0.15) is 0 Å². The number of thiazole rings is 1. The third-order valence-electron chi connectivity index (χ3n) is 3.60. The van der Waals surface area contributed by atoms with Gasteiger partial charge >= 0.3 is 0 Å². The molecule has 0 radical (unpaired) electrons. The summed E-state index contributed by atoms with van der Waals surface area (Å²) in [5.41, 5.74) is 2.92. The summed E-state index contributed by atoms with van der Waals surface area (Å²) in [6.45, 7) is 6.04. The van der Waals surface area contributed by atoms with Crippen LogP contribution in [-0.2, 0) is 11.2 Å². The number of hydrogen-bond acceptors (Lipinski definition) is 5. The van der Waals surface area contributed by atoms with Crippen molar-refractivity contribution in [1.82, 2.24) is 4.98 Å². The van der Waals surface area contributed by atoms with Crippen LogP contribution >= 0.6 is 11.3 Å². The first-order valence-electron chi connectivity index (χ1n) is 8.47. The van der Waals surface area contributed by atoms with Crippen LogP contribution in [0.2, 0.25) is 0 Å². The second kappa shape index (κ2) is 9.20. The van der Waals surface area contributed by atoms with Gasteiger partial charge in [-0.05, 0) is 42.3 Å². The predicted molar refractivity (Wildman–Crippen MR) is 108 cm³/mol. The Morgan fingerprint density at radius 2 is 1.81 bits per heavy atom. The van der Waals surface area contributed by atoms with Gasteiger partial charge in [-0.25, -0.2) is 4.98 Å². The lowest BCUT2D eigenvalue weighted by molar-refractivity contribution is -0.115. The third kappa shape index (κ3) is 4.73. The number of hydrogen-bond donors (Lipinski definition) is 1. The number of rotatable bonds is 5. The summed E-state index contributed by atoms with van der Waals surface area (Å²) >= 11 is 1.48. The molecule has 1 N–H and O–H groups in total. The Morgan fingerprint density at radius 3 is 2.50 bits per heavy atom. The molecule has 0 aliphatic rings. The fraction of sp³-hybridized carbons (Fsp3) is 0.300. The molecule has 0 saturated heterocycles. The van der Waals surface area contributed by atoms with Gasteiger partial charge in [0.2, 0.25) is 5.91 Å². The zero-order valence-electron chi connectivity index (χ0n) is 15.8. The Bertz CT molecular complexity index is 890. The summed E-state index contributed by atoms with van der Waals surface area (Å²) in [6, 6.07) is 11.5. The number of aryl methyl sites for hydroxylation is 1. The summed E-state index contributed by atoms with van der Waals surface area (Å²) < 4.78 is 11.5. The number of amides is 1. The molecule has 0 saturated carbocycles. The molecule has 1 heterocycles. The summed E-state index contributed by atoms with van der Waals surface area (Å²) in [5.74, 6) is 1.14. The molecule has 0 fully saturated rings. The van der Waals surface area contributed by atoms with Crippen molar-refractivity contribution in [2.45, 2.75) is 27.2 Å². The molecule has 138 valence electrons. The number of fused-ring (bicyclic) bond motifs is 1. The molecule has 0 atom stereocenters. The van der Waals surface area contributed by atoms with Crippen LogP contribution in [0.5, 0.6) is 11.5 Å². The smallest absolute Gasteiger partial charge is 0.230 e. The first-order valence-corrected chi connectivity index (χ1v) is 9.28. The van der Waals surface area contributed by atoms with E-state index in [4.69, 9.17) is 9.47 Å². The summed E-state index contributed by atoms with van der Waals surface area (Å²) in [4.78, 5) is 16.7. The molecule has 5 nitrogen and oxygen atoms in total. The molecule has 3 aromatic rings. The second-order valence-electron chi connectivity index (χ2n) is 5.40. The molecule has 6 heteroatoms. The van der Waals surface area contributed by atoms with E-state index in [2.05, 4.69) is 16.4 Å². The maximum Gasteiger partial charge on any atom is 0.230 e. The average molecular weight is 372 g/mol. The average Bonchev–Trinajstić information content (AvgIpc) is 3.04. The number of carbonyl (C=O) groups excluding carboxylic acids is 1. The maximum absolute atomic E-state index is 12.3. The van der Waals surface area contributed by atoms with Crippen molar-refractivity contribution in [3.63, 3.8) is 0 Å². The zero-order valence-corrected chi connectivity index (χ0v) is 16.6. The van der Waals surface area contributed by atoms with E-state index in [9.17, 15) is 4.79 Å². The summed E-state index contributed by atoms with van der Waals surface area (Å²) in [7, 11) is 3.16. The standard InChI is InChI=1S/C18H18N2O3S.C2H6/c1-11-4-6-13-16(8-11)24-18(19-13)20-17(21)10-12-5-7-14(22-2)15(9-12)23-3;1-2/h4-9H,10H2,1-3H3,(H,19,20,21);1-2H3. The lowest BCUT2D eigenvalue weighted by atomic mass is 10.1. The number of methoxy groups -OCH3 is 2. The van der Waals surface area contributed by atoms with Crippen molar-refractivity contribution < 1.29 is 14.3 Å². The molecule has 26 heavy (non-hydrogen) atoms. The second-order valence-corrected chi connectivity index (χ2v) is 6.44. The molecular formula is C20H24N2O3S. The van der Waals surface area contributed by atoms with Crippen LogP contribution in [0.15, 0.2) is 36.4 Å². The van der Waals surface area contributed by atoms with Crippen molar-refractivity contribution >= 4 is 32.6 Å². The molecule has 2 aromatic carbocycles. The van der Waals surface area contributed by atoms with E-state index in [-0.39, 0.29) is 12.3 Å². The van der Waals surface area contributed by atoms with Gasteiger partial charge in [0, 0.05) is 0 Å². The number of ether oxygens (including phenoxy) is 2. The lowest BCUT2D eigenvalue weighted by Crippen LogP contribution is -2.14. The van der Waals surface area contributed by atoms with Crippen molar-refractivity contribution in [3.8, 4) is 11.5 Å². The number of benzene rings is 2. The van der Waals surface area contributed by atoms with E-state index < -0.39 is 0 Å². The Kier molecular flexibility index (Phi) is 6.97. The molecular weight excluding hydrogens is 348 g/mol. The van der Waals surface area contributed by atoms with Gasteiger partial charge in [0.25, 0.3) is 0 Å². The Balaban J connectivity index is 0.00000117. The Morgan fingerprint density at radius 1 is 1.08 bits per heavy atom. The van der Waals surface area contributed by atoms with Crippen LogP contribution in [-0.4, -0.2) is 25.1 Å². The number of aromatic nitrogens is 1. The molecule has 3 rings (SSSR count). The van der Waals surface area contributed by atoms with Gasteiger partial charge in [-0.3, -0.25) is 4.79 Å². The molecule has 1 aromatic heterocycles. The van der Waals surface area contributed by atoms with Crippen LogP contribution < -0.4 is 14.8 Å². The van der Waals surface area contributed by atoms with E-state index in [0.29, 0.717) is 16.6 Å². The van der Waals surface area contributed by atoms with Gasteiger partial charge in [-0.1, -0.05) is 37.3 Å². The van der Waals surface area contributed by atoms with Crippen LogP contribution in [0, 0.1) is 6.92 Å². The first-order chi connectivity index (χ1) is 12.6. The van der Waals surface area contributed by atoms with E-state index in [0.717, 1.165) is 15.8 Å². The van der Waals surface area contributed by atoms with E-state index in [1.165, 1.54) is 16.9 Å². The van der Waals surface area contributed by atoms with Gasteiger partial charge in [0.1, 0.15) is 0 Å². The summed E-state index contributed by atoms with van der Waals surface area (Å²) in [5, 5.41) is 3.47. The normalized spacial score (nSPS) is 10.0. The molecule has 0 spiro atoms. The van der Waals surface area contributed by atoms with Gasteiger partial charge in [0.15, 0.2) is 16.6 Å². The Labute approximate surface area is 158 Å². The minimum absolute atomic E-state index is 0.113. The SMILES string of the molecule is CC.COc1ccc(CC(=O)Nc2nc3ccc(C)cc3s2)cc1OC. The van der Waals surface area contributed by atoms with E-state index >= 15 is 0 Å². The first kappa shape index (κ1) is 19.7. The molecule has 0 aliphatic carbocycles. The quantitative estimate of drug-likeness (QED) is 0.697. The highest BCUT2D eigenvalue weighted by Crippen LogP contribution is 2.29. The van der Waals surface area contributed by atoms with Crippen LogP contribution in [0.4, 0.5) is 5.13 Å². The minimum atomic E-state index is -0.113. The number of anilines is 1. The lowest BCUT2D eigenvalue weighted by Gasteiger charge is -2.09. The largest absolute Gasteiger partial charge is 0.493 e. The third-order valence-corrected chi connectivity index (χ3v) is 4.54. The molecule has 0 aliphatic heterocycles. The van der Waals surface area contributed by atoms with Crippen molar-refractivity contribution in [3.05, 3.63) is 47.5 Å². The van der Waals surface area contributed by atoms with Gasteiger partial charge in [-0.15, -0.1) is 0 Å². The molecule has 0 unspecified atom stereocenters. The predicted octanol–water partition coefficient (Wildman–Crippen LogP) is 4.83. The number of carbonyl (C=O) groups is 1. The van der Waals surface area contributed by atoms with Gasteiger partial charge in [0.05, 0.1) is 30.9 Å². The highest BCUT2D eigenvalue weighted by atomic mass is 32.1. The molecule has 1 amide bonds. The fourth-order valence-electron chi connectivity index (χ4n) is 2.42. The highest BCUT2D eigenvalue weighted by molar-refractivity contribution is 7.22. The molecule has 0 bridgehead atoms. The fourth-order valence-corrected chi connectivity index (χ4v) is 3.40. The van der Waals surface area contributed by atoms with E-state index in [1.807, 2.05) is 39.0 Å². The van der Waals surface area contributed by atoms with Crippen LogP contribution in [0.1, 0.15) is 25.0 Å². The number of nitrogens with one attached hydrogen (secondary N) is 1. The number of nitrogens with zero attached hydrogens (tertiary/aromatic N) is 1. The summed E-state index contributed by atoms with van der Waals surface area (Å²) in [6.07, 6.45) is 0.245. The monoisotopic (exact) mass is 372 g/mol. The Hall–Kier alpha value is -2.60. The van der Waals surface area contributed by atoms with Crippen molar-refractivity contribution in [2.75, 3.05) is 19.5 Å². The highest BCUT2D eigenvalue weighted by Gasteiger charge is 2.11. The zero-order chi connectivity index (χ0) is 19.1. The minimum Gasteiger partial charge on any atom is -0.493 e. The topological polar surface area (TPSA) is 60.5 Å². The van der Waals surface area contributed by atoms with Crippen LogP contribution in [0.25, 0.3) is 10.2 Å².